The van der Waals surface area contributed by atoms with E-state index >= 15 is 0 Å². The van der Waals surface area contributed by atoms with Crippen LogP contribution in [0.1, 0.15) is 39.7 Å². The SMILES string of the molecule is CCCNC(=O)C(Cc1c[nH]c2c(Br)cccc12)NC(=O)OC(C)(C)C. The van der Waals surface area contributed by atoms with Gasteiger partial charge in [0.2, 0.25) is 5.91 Å². The monoisotopic (exact) mass is 423 g/mol. The van der Waals surface area contributed by atoms with Gasteiger partial charge in [-0.05, 0) is 54.8 Å². The number of H-pyrrole nitrogens is 1. The maximum absolute atomic E-state index is 12.5. The Morgan fingerprint density at radius 1 is 1.31 bits per heavy atom. The number of carbonyl (C=O) groups excluding carboxylic acids is 2. The molecule has 0 spiro atoms. The number of rotatable bonds is 6. The highest BCUT2D eigenvalue weighted by atomic mass is 79.9. The highest BCUT2D eigenvalue weighted by Gasteiger charge is 2.25. The molecule has 1 aromatic heterocycles. The number of fused-ring (bicyclic) bond motifs is 1. The van der Waals surface area contributed by atoms with Crippen molar-refractivity contribution in [2.45, 2.75) is 52.2 Å². The third-order valence-corrected chi connectivity index (χ3v) is 4.39. The molecule has 0 aliphatic heterocycles. The van der Waals surface area contributed by atoms with E-state index in [1.807, 2.05) is 31.3 Å². The summed E-state index contributed by atoms with van der Waals surface area (Å²) in [6.07, 6.45) is 2.46. The van der Waals surface area contributed by atoms with Crippen molar-refractivity contribution in [3.05, 3.63) is 34.4 Å². The van der Waals surface area contributed by atoms with Gasteiger partial charge in [-0.25, -0.2) is 4.79 Å². The zero-order valence-corrected chi connectivity index (χ0v) is 17.2. The Labute approximate surface area is 162 Å². The van der Waals surface area contributed by atoms with Crippen molar-refractivity contribution in [3.63, 3.8) is 0 Å². The molecule has 1 heterocycles. The van der Waals surface area contributed by atoms with Gasteiger partial charge in [0.25, 0.3) is 0 Å². The zero-order valence-electron chi connectivity index (χ0n) is 15.6. The lowest BCUT2D eigenvalue weighted by Crippen LogP contribution is -2.49. The van der Waals surface area contributed by atoms with Crippen molar-refractivity contribution in [2.75, 3.05) is 6.54 Å². The van der Waals surface area contributed by atoms with Crippen molar-refractivity contribution in [2.24, 2.45) is 0 Å². The van der Waals surface area contributed by atoms with Gasteiger partial charge in [0.15, 0.2) is 0 Å². The van der Waals surface area contributed by atoms with E-state index in [2.05, 4.69) is 31.5 Å². The first-order chi connectivity index (χ1) is 12.2. The maximum Gasteiger partial charge on any atom is 0.408 e. The molecule has 142 valence electrons. The summed E-state index contributed by atoms with van der Waals surface area (Å²) < 4.78 is 6.26. The van der Waals surface area contributed by atoms with E-state index in [1.54, 1.807) is 20.8 Å². The third kappa shape index (κ3) is 5.49. The van der Waals surface area contributed by atoms with Gasteiger partial charge in [0, 0.05) is 29.0 Å². The summed E-state index contributed by atoms with van der Waals surface area (Å²) >= 11 is 3.51. The van der Waals surface area contributed by atoms with Crippen LogP contribution in [0.4, 0.5) is 4.79 Å². The summed E-state index contributed by atoms with van der Waals surface area (Å²) in [6, 6.07) is 5.17. The van der Waals surface area contributed by atoms with E-state index in [1.165, 1.54) is 0 Å². The minimum absolute atomic E-state index is 0.220. The summed E-state index contributed by atoms with van der Waals surface area (Å²) in [5.41, 5.74) is 1.29. The van der Waals surface area contributed by atoms with Gasteiger partial charge < -0.3 is 20.4 Å². The minimum Gasteiger partial charge on any atom is -0.444 e. The smallest absolute Gasteiger partial charge is 0.408 e. The van der Waals surface area contributed by atoms with Gasteiger partial charge in [-0.15, -0.1) is 0 Å². The number of halogens is 1. The number of carbonyl (C=O) groups is 2. The van der Waals surface area contributed by atoms with Crippen LogP contribution in [-0.2, 0) is 16.0 Å². The van der Waals surface area contributed by atoms with Crippen molar-refractivity contribution in [1.29, 1.82) is 0 Å². The molecule has 0 saturated heterocycles. The first kappa shape index (κ1) is 20.3. The fourth-order valence-electron chi connectivity index (χ4n) is 2.59. The van der Waals surface area contributed by atoms with Crippen LogP contribution in [0.5, 0.6) is 0 Å². The first-order valence-corrected chi connectivity index (χ1v) is 9.52. The summed E-state index contributed by atoms with van der Waals surface area (Å²) in [4.78, 5) is 27.9. The lowest BCUT2D eigenvalue weighted by Gasteiger charge is -2.23. The van der Waals surface area contributed by atoms with Crippen LogP contribution in [0, 0.1) is 0 Å². The molecule has 0 aliphatic rings. The van der Waals surface area contributed by atoms with Crippen molar-refractivity contribution >= 4 is 38.8 Å². The Morgan fingerprint density at radius 2 is 2.04 bits per heavy atom. The second-order valence-electron chi connectivity index (χ2n) is 7.17. The highest BCUT2D eigenvalue weighted by Crippen LogP contribution is 2.26. The largest absolute Gasteiger partial charge is 0.444 e. The van der Waals surface area contributed by atoms with Crippen LogP contribution < -0.4 is 10.6 Å². The van der Waals surface area contributed by atoms with Crippen LogP contribution in [-0.4, -0.2) is 35.2 Å². The standard InChI is InChI=1S/C19H26BrN3O3/c1-5-9-21-17(24)15(23-18(25)26-19(2,3)4)10-12-11-22-16-13(12)7-6-8-14(16)20/h6-8,11,15,22H,5,9-10H2,1-4H3,(H,21,24)(H,23,25). The number of ether oxygens (including phenoxy) is 1. The number of alkyl carbamates (subject to hydrolysis) is 1. The molecular weight excluding hydrogens is 398 g/mol. The summed E-state index contributed by atoms with van der Waals surface area (Å²) in [6.45, 7) is 7.90. The molecule has 2 rings (SSSR count). The Bertz CT molecular complexity index is 780. The normalized spacial score (nSPS) is 12.7. The number of para-hydroxylation sites is 1. The number of hydrogen-bond donors (Lipinski definition) is 3. The quantitative estimate of drug-likeness (QED) is 0.658. The highest BCUT2D eigenvalue weighted by molar-refractivity contribution is 9.10. The number of hydrogen-bond acceptors (Lipinski definition) is 3. The number of aromatic nitrogens is 1. The van der Waals surface area contributed by atoms with Crippen molar-refractivity contribution in [1.82, 2.24) is 15.6 Å². The van der Waals surface area contributed by atoms with E-state index in [-0.39, 0.29) is 5.91 Å². The summed E-state index contributed by atoms with van der Waals surface area (Å²) in [7, 11) is 0. The Morgan fingerprint density at radius 3 is 2.69 bits per heavy atom. The molecule has 0 radical (unpaired) electrons. The molecule has 26 heavy (non-hydrogen) atoms. The van der Waals surface area contributed by atoms with Gasteiger partial charge in [-0.2, -0.15) is 0 Å². The van der Waals surface area contributed by atoms with Crippen LogP contribution in [0.25, 0.3) is 10.9 Å². The fraction of sp³-hybridized carbons (Fsp3) is 0.474. The van der Waals surface area contributed by atoms with Gasteiger partial charge in [0.1, 0.15) is 11.6 Å². The van der Waals surface area contributed by atoms with Crippen LogP contribution in [0.2, 0.25) is 0 Å². The van der Waals surface area contributed by atoms with Crippen LogP contribution in [0.15, 0.2) is 28.9 Å². The van der Waals surface area contributed by atoms with E-state index < -0.39 is 17.7 Å². The molecule has 0 aliphatic carbocycles. The van der Waals surface area contributed by atoms with E-state index in [9.17, 15) is 9.59 Å². The second kappa shape index (κ2) is 8.58. The first-order valence-electron chi connectivity index (χ1n) is 8.73. The van der Waals surface area contributed by atoms with Gasteiger partial charge >= 0.3 is 6.09 Å². The summed E-state index contributed by atoms with van der Waals surface area (Å²) in [5.74, 6) is -0.220. The predicted molar refractivity (Wildman–Crippen MR) is 106 cm³/mol. The Balaban J connectivity index is 2.21. The van der Waals surface area contributed by atoms with Crippen LogP contribution in [0.3, 0.4) is 0 Å². The molecular formula is C19H26BrN3O3. The molecule has 7 heteroatoms. The van der Waals surface area contributed by atoms with E-state index in [0.29, 0.717) is 13.0 Å². The van der Waals surface area contributed by atoms with Gasteiger partial charge in [-0.3, -0.25) is 4.79 Å². The van der Waals surface area contributed by atoms with E-state index in [4.69, 9.17) is 4.74 Å². The molecule has 2 amide bonds. The number of benzene rings is 1. The average molecular weight is 424 g/mol. The molecule has 1 atom stereocenters. The average Bonchev–Trinajstić information content (AvgIpc) is 2.94. The van der Waals surface area contributed by atoms with Crippen molar-refractivity contribution in [3.8, 4) is 0 Å². The van der Waals surface area contributed by atoms with Crippen molar-refractivity contribution < 1.29 is 14.3 Å². The topological polar surface area (TPSA) is 83.2 Å². The molecule has 0 bridgehead atoms. The minimum atomic E-state index is -0.714. The number of amides is 2. The zero-order chi connectivity index (χ0) is 19.3. The summed E-state index contributed by atoms with van der Waals surface area (Å²) in [5, 5.41) is 6.56. The van der Waals surface area contributed by atoms with E-state index in [0.717, 1.165) is 27.4 Å². The van der Waals surface area contributed by atoms with Crippen LogP contribution >= 0.6 is 15.9 Å². The molecule has 3 N–H and O–H groups in total. The fourth-order valence-corrected chi connectivity index (χ4v) is 3.08. The second-order valence-corrected chi connectivity index (χ2v) is 8.02. The third-order valence-electron chi connectivity index (χ3n) is 3.73. The molecule has 0 saturated carbocycles. The molecule has 2 aromatic rings. The maximum atomic E-state index is 12.5. The predicted octanol–water partition coefficient (Wildman–Crippen LogP) is 3.89. The molecule has 0 fully saturated rings. The number of aromatic amines is 1. The lowest BCUT2D eigenvalue weighted by molar-refractivity contribution is -0.123. The molecule has 1 aromatic carbocycles. The van der Waals surface area contributed by atoms with Gasteiger partial charge in [-0.1, -0.05) is 19.1 Å². The lowest BCUT2D eigenvalue weighted by atomic mass is 10.0. The Hall–Kier alpha value is -2.02. The molecule has 1 unspecified atom stereocenters. The molecule has 6 nitrogen and oxygen atoms in total. The van der Waals surface area contributed by atoms with Gasteiger partial charge in [0.05, 0.1) is 5.52 Å². The Kier molecular flexibility index (Phi) is 6.69. The number of nitrogens with one attached hydrogen (secondary N) is 3.